The van der Waals surface area contributed by atoms with Crippen molar-refractivity contribution < 1.29 is 23.9 Å². The molecule has 1 atom stereocenters. The fraction of sp³-hybridized carbons (Fsp3) is 0.500. The number of fused-ring (bicyclic) bond motifs is 1. The van der Waals surface area contributed by atoms with E-state index in [9.17, 15) is 14.4 Å². The second-order valence-corrected chi connectivity index (χ2v) is 9.19. The molecule has 1 saturated heterocycles. The van der Waals surface area contributed by atoms with E-state index in [4.69, 9.17) is 9.47 Å². The van der Waals surface area contributed by atoms with Crippen molar-refractivity contribution in [3.63, 3.8) is 0 Å². The second-order valence-electron chi connectivity index (χ2n) is 9.19. The quantitative estimate of drug-likeness (QED) is 0.500. The average Bonchev–Trinajstić information content (AvgIpc) is 2.94. The number of nitrogens with zero attached hydrogens (tertiary/aromatic N) is 4. The van der Waals surface area contributed by atoms with Gasteiger partial charge in [-0.05, 0) is 37.5 Å². The minimum absolute atomic E-state index is 0.162. The number of hydrogen-bond donors (Lipinski definition) is 3. The number of piperazine rings is 1. The van der Waals surface area contributed by atoms with Crippen molar-refractivity contribution >= 4 is 23.7 Å². The summed E-state index contributed by atoms with van der Waals surface area (Å²) in [5, 5.41) is 8.65. The first-order valence-electron chi connectivity index (χ1n) is 12.9. The second kappa shape index (κ2) is 13.6. The molecule has 0 saturated carbocycles. The Balaban J connectivity index is 1.29. The summed E-state index contributed by atoms with van der Waals surface area (Å²) in [6.45, 7) is 3.90. The first-order valence-corrected chi connectivity index (χ1v) is 12.9. The van der Waals surface area contributed by atoms with E-state index >= 15 is 0 Å². The highest BCUT2D eigenvalue weighted by molar-refractivity contribution is 5.97. The van der Waals surface area contributed by atoms with Gasteiger partial charge in [0, 0.05) is 51.2 Å². The summed E-state index contributed by atoms with van der Waals surface area (Å²) < 4.78 is 11.0. The van der Waals surface area contributed by atoms with E-state index in [2.05, 4.69) is 35.7 Å². The topological polar surface area (TPSA) is 138 Å². The molecule has 0 unspecified atom stereocenters. The molecule has 0 radical (unpaired) electrons. The van der Waals surface area contributed by atoms with Crippen LogP contribution in [0.1, 0.15) is 29.6 Å². The number of ether oxygens (including phenoxy) is 2. The van der Waals surface area contributed by atoms with Crippen molar-refractivity contribution in [3.05, 3.63) is 42.2 Å². The van der Waals surface area contributed by atoms with Crippen LogP contribution in [-0.2, 0) is 9.59 Å². The van der Waals surface area contributed by atoms with Crippen LogP contribution in [0.15, 0.2) is 36.7 Å². The van der Waals surface area contributed by atoms with Crippen LogP contribution in [0, 0.1) is 0 Å². The third-order valence-corrected chi connectivity index (χ3v) is 6.52. The average molecular weight is 526 g/mol. The molecule has 12 heteroatoms. The molecular weight excluding hydrogens is 490 g/mol. The molecule has 4 rings (SSSR count). The van der Waals surface area contributed by atoms with E-state index < -0.39 is 6.04 Å². The fourth-order valence-electron chi connectivity index (χ4n) is 4.44. The zero-order valence-electron chi connectivity index (χ0n) is 21.6. The Morgan fingerprint density at radius 1 is 1.11 bits per heavy atom. The van der Waals surface area contributed by atoms with Gasteiger partial charge in [0.15, 0.2) is 0 Å². The number of methoxy groups -OCH3 is 1. The maximum absolute atomic E-state index is 12.9. The molecule has 1 fully saturated rings. The van der Waals surface area contributed by atoms with Crippen LogP contribution in [0.25, 0.3) is 0 Å². The van der Waals surface area contributed by atoms with Gasteiger partial charge >= 0.3 is 0 Å². The summed E-state index contributed by atoms with van der Waals surface area (Å²) in [6, 6.07) is 6.14. The van der Waals surface area contributed by atoms with Gasteiger partial charge in [-0.1, -0.05) is 0 Å². The zero-order chi connectivity index (χ0) is 26.7. The van der Waals surface area contributed by atoms with Crippen LogP contribution >= 0.6 is 0 Å². The SMILES string of the molecule is COc1ccc2c(c1)OCCNC(=O)[C@@H](NC(=O)CN1CCN(c3ncccn3)CC1)CCCCNC2=O. The summed E-state index contributed by atoms with van der Waals surface area (Å²) in [5.74, 6) is 0.973. The van der Waals surface area contributed by atoms with E-state index in [-0.39, 0.29) is 37.4 Å². The van der Waals surface area contributed by atoms with Gasteiger partial charge in [-0.15, -0.1) is 0 Å². The van der Waals surface area contributed by atoms with Crippen molar-refractivity contribution in [1.29, 1.82) is 0 Å². The lowest BCUT2D eigenvalue weighted by Gasteiger charge is -2.34. The number of carbonyl (C=O) groups excluding carboxylic acids is 3. The smallest absolute Gasteiger partial charge is 0.255 e. The van der Waals surface area contributed by atoms with Crippen molar-refractivity contribution in [2.75, 3.05) is 64.4 Å². The Morgan fingerprint density at radius 3 is 2.66 bits per heavy atom. The van der Waals surface area contributed by atoms with Crippen molar-refractivity contribution in [1.82, 2.24) is 30.8 Å². The lowest BCUT2D eigenvalue weighted by atomic mass is 10.1. The summed E-state index contributed by atoms with van der Waals surface area (Å²) >= 11 is 0. The molecule has 204 valence electrons. The van der Waals surface area contributed by atoms with E-state index in [0.29, 0.717) is 61.9 Å². The molecule has 0 spiro atoms. The van der Waals surface area contributed by atoms with Crippen LogP contribution in [-0.4, -0.2) is 98.2 Å². The minimum Gasteiger partial charge on any atom is -0.497 e. The molecule has 38 heavy (non-hydrogen) atoms. The number of carbonyl (C=O) groups is 3. The van der Waals surface area contributed by atoms with Gasteiger partial charge in [0.25, 0.3) is 5.91 Å². The molecule has 0 aliphatic carbocycles. The molecule has 3 N–H and O–H groups in total. The Hall–Kier alpha value is -3.93. The number of anilines is 1. The largest absolute Gasteiger partial charge is 0.497 e. The Kier molecular flexibility index (Phi) is 9.68. The highest BCUT2D eigenvalue weighted by Crippen LogP contribution is 2.25. The molecule has 3 amide bonds. The maximum Gasteiger partial charge on any atom is 0.255 e. The van der Waals surface area contributed by atoms with Crippen molar-refractivity contribution in [3.8, 4) is 11.5 Å². The summed E-state index contributed by atoms with van der Waals surface area (Å²) in [7, 11) is 1.54. The van der Waals surface area contributed by atoms with Gasteiger partial charge < -0.3 is 30.3 Å². The summed E-state index contributed by atoms with van der Waals surface area (Å²) in [4.78, 5) is 51.1. The van der Waals surface area contributed by atoms with Gasteiger partial charge in [0.2, 0.25) is 17.8 Å². The van der Waals surface area contributed by atoms with Gasteiger partial charge in [0.05, 0.1) is 25.8 Å². The molecular formula is C26H35N7O5. The molecule has 1 aromatic heterocycles. The van der Waals surface area contributed by atoms with Crippen molar-refractivity contribution in [2.24, 2.45) is 0 Å². The van der Waals surface area contributed by atoms with Gasteiger partial charge in [0.1, 0.15) is 24.1 Å². The monoisotopic (exact) mass is 525 g/mol. The standard InChI is InChI=1S/C26H35N7O5/c1-37-19-6-7-20-22(17-19)38-16-11-28-25(36)21(5-2-3-8-27-24(20)35)31-23(34)18-32-12-14-33(15-13-32)26-29-9-4-10-30-26/h4,6-7,9-10,17,21H,2-3,5,8,11-16,18H2,1H3,(H,27,35)(H,28,36)(H,31,34)/t21-/m0/s1. The fourth-order valence-corrected chi connectivity index (χ4v) is 4.44. The molecule has 2 aliphatic rings. The number of benzene rings is 1. The number of amides is 3. The maximum atomic E-state index is 12.9. The highest BCUT2D eigenvalue weighted by Gasteiger charge is 2.24. The first kappa shape index (κ1) is 27.1. The van der Waals surface area contributed by atoms with E-state index in [1.807, 2.05) is 0 Å². The van der Waals surface area contributed by atoms with Crippen LogP contribution in [0.2, 0.25) is 0 Å². The molecule has 2 aromatic rings. The van der Waals surface area contributed by atoms with E-state index in [0.717, 1.165) is 13.1 Å². The number of aromatic nitrogens is 2. The molecule has 3 heterocycles. The number of rotatable bonds is 5. The highest BCUT2D eigenvalue weighted by atomic mass is 16.5. The zero-order valence-corrected chi connectivity index (χ0v) is 21.6. The minimum atomic E-state index is -0.660. The Morgan fingerprint density at radius 2 is 1.89 bits per heavy atom. The van der Waals surface area contributed by atoms with Gasteiger partial charge in [-0.25, -0.2) is 9.97 Å². The van der Waals surface area contributed by atoms with Crippen molar-refractivity contribution in [2.45, 2.75) is 25.3 Å². The third-order valence-electron chi connectivity index (χ3n) is 6.52. The van der Waals surface area contributed by atoms with Crippen LogP contribution in [0.3, 0.4) is 0 Å². The van der Waals surface area contributed by atoms with Gasteiger partial charge in [-0.3, -0.25) is 19.3 Å². The normalized spacial score (nSPS) is 19.7. The predicted octanol–water partition coefficient (Wildman–Crippen LogP) is 0.201. The molecule has 12 nitrogen and oxygen atoms in total. The van der Waals surface area contributed by atoms with Crippen LogP contribution < -0.4 is 30.3 Å². The van der Waals surface area contributed by atoms with Crippen LogP contribution in [0.4, 0.5) is 5.95 Å². The Bertz CT molecular complexity index is 1090. The van der Waals surface area contributed by atoms with E-state index in [1.165, 1.54) is 0 Å². The lowest BCUT2D eigenvalue weighted by molar-refractivity contribution is -0.129. The molecule has 0 bridgehead atoms. The molecule has 2 aliphatic heterocycles. The summed E-state index contributed by atoms with van der Waals surface area (Å²) in [5.41, 5.74) is 0.413. The first-order chi connectivity index (χ1) is 18.5. The number of hydrogen-bond acceptors (Lipinski definition) is 9. The van der Waals surface area contributed by atoms with Crippen LogP contribution in [0.5, 0.6) is 11.5 Å². The van der Waals surface area contributed by atoms with Gasteiger partial charge in [-0.2, -0.15) is 0 Å². The number of nitrogens with one attached hydrogen (secondary N) is 3. The predicted molar refractivity (Wildman–Crippen MR) is 140 cm³/mol. The third kappa shape index (κ3) is 7.54. The van der Waals surface area contributed by atoms with E-state index in [1.54, 1.807) is 43.8 Å². The lowest BCUT2D eigenvalue weighted by Crippen LogP contribution is -2.53. The summed E-state index contributed by atoms with van der Waals surface area (Å²) in [6.07, 6.45) is 5.24. The Labute approximate surface area is 222 Å². The molecule has 1 aromatic carbocycles.